The molecule has 2 aliphatic carbocycles. The summed E-state index contributed by atoms with van der Waals surface area (Å²) in [4.78, 5) is 0. The first-order valence-electron chi connectivity index (χ1n) is 5.97. The first-order valence-corrected chi connectivity index (χ1v) is 8.80. The van der Waals surface area contributed by atoms with Crippen LogP contribution in [0.2, 0.25) is 0 Å². The summed E-state index contributed by atoms with van der Waals surface area (Å²) in [5.41, 5.74) is 3.32. The topological polar surface area (TPSA) is 0 Å². The zero-order valence-corrected chi connectivity index (χ0v) is 12.6. The molecule has 15 heavy (non-hydrogen) atoms. The molecule has 0 bridgehead atoms. The van der Waals surface area contributed by atoms with Crippen molar-refractivity contribution < 1.29 is 29.2 Å². The molecule has 77 valence electrons. The summed E-state index contributed by atoms with van der Waals surface area (Å²) in [6, 6.07) is 0. The van der Waals surface area contributed by atoms with Gasteiger partial charge in [-0.3, -0.25) is 0 Å². The van der Waals surface area contributed by atoms with Gasteiger partial charge in [0.1, 0.15) is 0 Å². The van der Waals surface area contributed by atoms with Crippen LogP contribution in [0.1, 0.15) is 39.5 Å². The Bertz CT molecular complexity index is 331. The second-order valence-electron chi connectivity index (χ2n) is 4.17. The van der Waals surface area contributed by atoms with Crippen LogP contribution < -0.4 is 0 Å². The minimum absolute atomic E-state index is 0.609. The fourth-order valence-electron chi connectivity index (χ4n) is 2.34. The molecular formula is C14H18Y. The molecule has 0 saturated carbocycles. The molecule has 0 unspecified atom stereocenters. The number of hydrogen-bond acceptors (Lipinski definition) is 0. The first kappa shape index (κ1) is 11.5. The summed E-state index contributed by atoms with van der Waals surface area (Å²) in [5, 5.41) is 0. The number of allylic oxidation sites excluding steroid dienone is 8. The summed E-state index contributed by atoms with van der Waals surface area (Å²) in [6.07, 6.45) is 14.4. The summed E-state index contributed by atoms with van der Waals surface area (Å²) in [7, 11) is 0. The van der Waals surface area contributed by atoms with E-state index in [2.05, 4.69) is 38.2 Å². The standard InChI is InChI=1S/2C7H9.Y/c2*1-2-7-5-3-4-6-7;/h2*3,5H,2,4H2,1H3;. The van der Waals surface area contributed by atoms with Crippen LogP contribution in [0.3, 0.4) is 0 Å². The molecule has 0 nitrogen and oxygen atoms in total. The van der Waals surface area contributed by atoms with Crippen LogP contribution in [-0.2, 0) is 29.2 Å². The Morgan fingerprint density at radius 3 is 1.80 bits per heavy atom. The van der Waals surface area contributed by atoms with Gasteiger partial charge in [-0.2, -0.15) is 0 Å². The SMILES string of the molecule is CCC1=[C]([Y][C]2=C(CC)C=CC2)CC=C1. The van der Waals surface area contributed by atoms with Gasteiger partial charge >= 0.3 is 109 Å². The molecule has 0 aromatic carbocycles. The van der Waals surface area contributed by atoms with E-state index in [-0.39, 0.29) is 0 Å². The molecule has 0 heterocycles. The van der Waals surface area contributed by atoms with Crippen LogP contribution in [-0.4, -0.2) is 0 Å². The molecule has 2 rings (SSSR count). The summed E-state index contributed by atoms with van der Waals surface area (Å²) >= 11 is -0.609. The summed E-state index contributed by atoms with van der Waals surface area (Å²) < 4.78 is 3.69. The Hall–Kier alpha value is 0.0639. The zero-order valence-electron chi connectivity index (χ0n) is 9.72. The Morgan fingerprint density at radius 2 is 1.40 bits per heavy atom. The van der Waals surface area contributed by atoms with Gasteiger partial charge in [0.05, 0.1) is 0 Å². The van der Waals surface area contributed by atoms with E-state index < -0.39 is 29.2 Å². The van der Waals surface area contributed by atoms with Crippen molar-refractivity contribution in [1.29, 1.82) is 0 Å². The predicted molar refractivity (Wildman–Crippen MR) is 62.1 cm³/mol. The Balaban J connectivity index is 2.10. The van der Waals surface area contributed by atoms with Gasteiger partial charge in [-0.25, -0.2) is 0 Å². The Morgan fingerprint density at radius 1 is 0.933 bits per heavy atom. The third-order valence-corrected chi connectivity index (χ3v) is 7.94. The number of hydrogen-bond donors (Lipinski definition) is 0. The van der Waals surface area contributed by atoms with Gasteiger partial charge in [0.2, 0.25) is 0 Å². The molecular weight excluding hydrogens is 257 g/mol. The second-order valence-corrected chi connectivity index (χ2v) is 8.30. The minimum atomic E-state index is -0.609. The van der Waals surface area contributed by atoms with Crippen LogP contribution in [0, 0.1) is 0 Å². The van der Waals surface area contributed by atoms with Crippen LogP contribution in [0.15, 0.2) is 40.2 Å². The molecule has 0 fully saturated rings. The van der Waals surface area contributed by atoms with E-state index in [4.69, 9.17) is 0 Å². The van der Waals surface area contributed by atoms with E-state index in [1.54, 1.807) is 11.1 Å². The third-order valence-electron chi connectivity index (χ3n) is 3.25. The molecule has 1 heteroatoms. The molecule has 0 radical (unpaired) electrons. The molecule has 0 aromatic rings. The Labute approximate surface area is 108 Å². The summed E-state index contributed by atoms with van der Waals surface area (Å²) in [5.74, 6) is 0. The van der Waals surface area contributed by atoms with Gasteiger partial charge in [0, 0.05) is 0 Å². The maximum atomic E-state index is 2.36. The van der Waals surface area contributed by atoms with Gasteiger partial charge in [-0.15, -0.1) is 0 Å². The van der Waals surface area contributed by atoms with Gasteiger partial charge < -0.3 is 0 Å². The van der Waals surface area contributed by atoms with Gasteiger partial charge in [0.15, 0.2) is 0 Å². The van der Waals surface area contributed by atoms with E-state index in [0.29, 0.717) is 0 Å². The molecule has 0 amide bonds. The zero-order chi connectivity index (χ0) is 10.7. The molecule has 0 aromatic heterocycles. The van der Waals surface area contributed by atoms with Crippen LogP contribution in [0.4, 0.5) is 0 Å². The van der Waals surface area contributed by atoms with Crippen molar-refractivity contribution in [3.05, 3.63) is 40.2 Å². The van der Waals surface area contributed by atoms with Crippen molar-refractivity contribution in [3.8, 4) is 0 Å². The first-order chi connectivity index (χ1) is 7.35. The van der Waals surface area contributed by atoms with Crippen LogP contribution in [0.25, 0.3) is 0 Å². The van der Waals surface area contributed by atoms with Crippen molar-refractivity contribution in [2.75, 3.05) is 0 Å². The fourth-order valence-corrected chi connectivity index (χ4v) is 7.01. The normalized spacial score (nSPS) is 19.3. The Kier molecular flexibility index (Phi) is 4.16. The van der Waals surface area contributed by atoms with Crippen molar-refractivity contribution >= 4 is 0 Å². The molecule has 2 aliphatic rings. The quantitative estimate of drug-likeness (QED) is 0.717. The molecule has 0 spiro atoms. The van der Waals surface area contributed by atoms with Crippen LogP contribution >= 0.6 is 0 Å². The average molecular weight is 275 g/mol. The number of rotatable bonds is 4. The maximum absolute atomic E-state index is 2.36. The second kappa shape index (κ2) is 5.41. The molecule has 0 N–H and O–H groups in total. The van der Waals surface area contributed by atoms with Crippen LogP contribution in [0.5, 0.6) is 0 Å². The average Bonchev–Trinajstić information content (AvgIpc) is 2.87. The van der Waals surface area contributed by atoms with Gasteiger partial charge in [-0.05, 0) is 0 Å². The summed E-state index contributed by atoms with van der Waals surface area (Å²) in [6.45, 7) is 4.57. The molecule has 0 saturated heterocycles. The molecule has 0 aliphatic heterocycles. The van der Waals surface area contributed by atoms with Gasteiger partial charge in [-0.1, -0.05) is 0 Å². The van der Waals surface area contributed by atoms with Crippen molar-refractivity contribution in [2.24, 2.45) is 0 Å². The van der Waals surface area contributed by atoms with E-state index >= 15 is 0 Å². The molecule has 0 atom stereocenters. The van der Waals surface area contributed by atoms with Crippen molar-refractivity contribution in [1.82, 2.24) is 0 Å². The third kappa shape index (κ3) is 2.60. The van der Waals surface area contributed by atoms with Gasteiger partial charge in [0.25, 0.3) is 0 Å². The predicted octanol–water partition coefficient (Wildman–Crippen LogP) is 4.32. The fraction of sp³-hybridized carbons (Fsp3) is 0.429. The van der Waals surface area contributed by atoms with E-state index in [9.17, 15) is 0 Å². The van der Waals surface area contributed by atoms with Crippen molar-refractivity contribution in [3.63, 3.8) is 0 Å². The van der Waals surface area contributed by atoms with E-state index in [1.807, 2.05) is 4.77 Å². The van der Waals surface area contributed by atoms with E-state index in [0.717, 1.165) is 0 Å². The van der Waals surface area contributed by atoms with Crippen molar-refractivity contribution in [2.45, 2.75) is 39.5 Å². The van der Waals surface area contributed by atoms with E-state index in [1.165, 1.54) is 25.7 Å². The monoisotopic (exact) mass is 275 g/mol.